The summed E-state index contributed by atoms with van der Waals surface area (Å²) in [5, 5.41) is 2.58. The normalized spacial score (nSPS) is 14.8. The number of ether oxygens (including phenoxy) is 3. The Balaban J connectivity index is 1.93. The number of methoxy groups -OCH3 is 1. The van der Waals surface area contributed by atoms with Gasteiger partial charge in [-0.1, -0.05) is 35.0 Å². The van der Waals surface area contributed by atoms with E-state index in [-0.39, 0.29) is 23.9 Å². The summed E-state index contributed by atoms with van der Waals surface area (Å²) in [6.07, 6.45) is 2.30. The number of carbonyl (C=O) groups excluding carboxylic acids is 3. The smallest absolute Gasteiger partial charge is 0.344 e. The van der Waals surface area contributed by atoms with Crippen molar-refractivity contribution in [2.24, 2.45) is 0 Å². The lowest BCUT2D eigenvalue weighted by Crippen LogP contribution is -2.54. The van der Waals surface area contributed by atoms with Crippen molar-refractivity contribution in [2.45, 2.75) is 20.3 Å². The molecule has 1 aliphatic heterocycles. The summed E-state index contributed by atoms with van der Waals surface area (Å²) in [5.74, 6) is -1.07. The van der Waals surface area contributed by atoms with E-state index in [1.54, 1.807) is 31.2 Å². The van der Waals surface area contributed by atoms with Crippen molar-refractivity contribution in [1.29, 1.82) is 0 Å². The van der Waals surface area contributed by atoms with Gasteiger partial charge in [-0.05, 0) is 67.0 Å². The maximum atomic E-state index is 13.3. The number of hydrogen-bond acceptors (Lipinski definition) is 7. The Bertz CT molecular complexity index is 1160. The van der Waals surface area contributed by atoms with Crippen molar-refractivity contribution in [3.05, 3.63) is 57.6 Å². The standard InChI is InChI=1S/C24H23BrN2O6S/c1-4-14-6-8-16(9-7-14)27-23(30)17(22(29)26-24(27)34)10-15-11-19(31-3)20(12-18(15)25)33-13-21(28)32-5-2/h6-12H,4-5,13H2,1-3H3,(H,26,29,34)/b17-10+. The van der Waals surface area contributed by atoms with Gasteiger partial charge < -0.3 is 14.2 Å². The Kier molecular flexibility index (Phi) is 8.41. The van der Waals surface area contributed by atoms with Crippen LogP contribution in [0.1, 0.15) is 25.0 Å². The number of amides is 2. The molecule has 0 spiro atoms. The quantitative estimate of drug-likeness (QED) is 0.233. The lowest BCUT2D eigenvalue weighted by Gasteiger charge is -2.29. The molecule has 1 fully saturated rings. The monoisotopic (exact) mass is 546 g/mol. The first-order valence-corrected chi connectivity index (χ1v) is 11.7. The van der Waals surface area contributed by atoms with Crippen LogP contribution in [0.15, 0.2) is 46.4 Å². The number of halogens is 1. The molecule has 2 aromatic rings. The minimum absolute atomic E-state index is 0.00996. The molecule has 3 rings (SSSR count). The molecular formula is C24H23BrN2O6S. The van der Waals surface area contributed by atoms with Crippen molar-refractivity contribution in [3.8, 4) is 11.5 Å². The van der Waals surface area contributed by atoms with Crippen molar-refractivity contribution < 1.29 is 28.6 Å². The van der Waals surface area contributed by atoms with E-state index >= 15 is 0 Å². The highest BCUT2D eigenvalue weighted by molar-refractivity contribution is 9.10. The fraction of sp³-hybridized carbons (Fsp3) is 0.250. The van der Waals surface area contributed by atoms with E-state index in [9.17, 15) is 14.4 Å². The molecule has 0 bridgehead atoms. The van der Waals surface area contributed by atoms with Gasteiger partial charge in [0.15, 0.2) is 23.2 Å². The number of thiocarbonyl (C=S) groups is 1. The number of anilines is 1. The molecule has 0 saturated carbocycles. The maximum Gasteiger partial charge on any atom is 0.344 e. The lowest BCUT2D eigenvalue weighted by atomic mass is 10.1. The van der Waals surface area contributed by atoms with Gasteiger partial charge in [0, 0.05) is 4.47 Å². The molecule has 10 heteroatoms. The SMILES string of the molecule is CCOC(=O)COc1cc(Br)c(/C=C2\C(=O)NC(=S)N(c3ccc(CC)cc3)C2=O)cc1OC. The molecular weight excluding hydrogens is 524 g/mol. The number of aryl methyl sites for hydroxylation is 1. The first-order chi connectivity index (χ1) is 16.3. The lowest BCUT2D eigenvalue weighted by molar-refractivity contribution is -0.145. The zero-order valence-corrected chi connectivity index (χ0v) is 21.2. The zero-order valence-electron chi connectivity index (χ0n) is 18.8. The molecule has 1 heterocycles. The summed E-state index contributed by atoms with van der Waals surface area (Å²) < 4.78 is 16.2. The number of benzene rings is 2. The van der Waals surface area contributed by atoms with Crippen LogP contribution >= 0.6 is 28.1 Å². The van der Waals surface area contributed by atoms with Crippen molar-refractivity contribution in [3.63, 3.8) is 0 Å². The van der Waals surface area contributed by atoms with Gasteiger partial charge in [0.2, 0.25) is 0 Å². The highest BCUT2D eigenvalue weighted by atomic mass is 79.9. The number of carbonyl (C=O) groups is 3. The van der Waals surface area contributed by atoms with E-state index in [0.29, 0.717) is 27.2 Å². The molecule has 2 amide bonds. The molecule has 0 atom stereocenters. The van der Waals surface area contributed by atoms with Crippen LogP contribution in [0.5, 0.6) is 11.5 Å². The molecule has 2 aromatic carbocycles. The molecule has 0 aromatic heterocycles. The van der Waals surface area contributed by atoms with E-state index in [2.05, 4.69) is 21.2 Å². The Labute approximate surface area is 211 Å². The predicted octanol–water partition coefficient (Wildman–Crippen LogP) is 3.79. The first kappa shape index (κ1) is 25.4. The van der Waals surface area contributed by atoms with Gasteiger partial charge in [-0.15, -0.1) is 0 Å². The molecule has 1 aliphatic rings. The van der Waals surface area contributed by atoms with Gasteiger partial charge in [-0.25, -0.2) is 4.79 Å². The van der Waals surface area contributed by atoms with Crippen molar-refractivity contribution in [2.75, 3.05) is 25.2 Å². The topological polar surface area (TPSA) is 94.2 Å². The van der Waals surface area contributed by atoms with Crippen LogP contribution in [-0.4, -0.2) is 43.2 Å². The molecule has 1 N–H and O–H groups in total. The van der Waals surface area contributed by atoms with Gasteiger partial charge in [0.1, 0.15) is 5.57 Å². The van der Waals surface area contributed by atoms with E-state index in [0.717, 1.165) is 12.0 Å². The van der Waals surface area contributed by atoms with Crippen LogP contribution in [0.25, 0.3) is 6.08 Å². The Morgan fingerprint density at radius 3 is 2.47 bits per heavy atom. The zero-order chi connectivity index (χ0) is 24.8. The van der Waals surface area contributed by atoms with E-state index < -0.39 is 17.8 Å². The van der Waals surface area contributed by atoms with Gasteiger partial charge in [-0.3, -0.25) is 19.8 Å². The van der Waals surface area contributed by atoms with Gasteiger partial charge in [-0.2, -0.15) is 0 Å². The molecule has 0 aliphatic carbocycles. The Morgan fingerprint density at radius 1 is 1.15 bits per heavy atom. The molecule has 8 nitrogen and oxygen atoms in total. The van der Waals surface area contributed by atoms with Crippen LogP contribution in [0.4, 0.5) is 5.69 Å². The summed E-state index contributed by atoms with van der Waals surface area (Å²) >= 11 is 8.68. The molecule has 0 radical (unpaired) electrons. The minimum atomic E-state index is -0.607. The first-order valence-electron chi connectivity index (χ1n) is 10.4. The second-order valence-corrected chi connectivity index (χ2v) is 8.34. The van der Waals surface area contributed by atoms with E-state index in [1.807, 2.05) is 19.1 Å². The summed E-state index contributed by atoms with van der Waals surface area (Å²) in [6.45, 7) is 3.69. The van der Waals surface area contributed by atoms with E-state index in [4.69, 9.17) is 26.4 Å². The van der Waals surface area contributed by atoms with Crippen molar-refractivity contribution in [1.82, 2.24) is 5.32 Å². The van der Waals surface area contributed by atoms with Gasteiger partial charge in [0.25, 0.3) is 11.8 Å². The highest BCUT2D eigenvalue weighted by Gasteiger charge is 2.34. The second kappa shape index (κ2) is 11.3. The number of hydrogen-bond donors (Lipinski definition) is 1. The fourth-order valence-corrected chi connectivity index (χ4v) is 3.92. The van der Waals surface area contributed by atoms with Crippen molar-refractivity contribution >= 4 is 62.8 Å². The third-order valence-electron chi connectivity index (χ3n) is 4.94. The maximum absolute atomic E-state index is 13.3. The molecule has 1 saturated heterocycles. The number of nitrogens with one attached hydrogen (secondary N) is 1. The Hall–Kier alpha value is -3.24. The average molecular weight is 547 g/mol. The van der Waals surface area contributed by atoms with Gasteiger partial charge >= 0.3 is 5.97 Å². The molecule has 178 valence electrons. The van der Waals surface area contributed by atoms with E-state index in [1.165, 1.54) is 18.1 Å². The second-order valence-electron chi connectivity index (χ2n) is 7.10. The predicted molar refractivity (Wildman–Crippen MR) is 135 cm³/mol. The summed E-state index contributed by atoms with van der Waals surface area (Å²) in [5.41, 5.74) is 2.06. The minimum Gasteiger partial charge on any atom is -0.493 e. The molecule has 34 heavy (non-hydrogen) atoms. The van der Waals surface area contributed by atoms with Crippen LogP contribution < -0.4 is 19.7 Å². The van der Waals surface area contributed by atoms with Crippen LogP contribution in [0.3, 0.4) is 0 Å². The van der Waals surface area contributed by atoms with Crippen LogP contribution in [-0.2, 0) is 25.5 Å². The number of rotatable bonds is 8. The van der Waals surface area contributed by atoms with Crippen LogP contribution in [0.2, 0.25) is 0 Å². The highest BCUT2D eigenvalue weighted by Crippen LogP contribution is 2.35. The summed E-state index contributed by atoms with van der Waals surface area (Å²) in [6, 6.07) is 10.6. The van der Waals surface area contributed by atoms with Gasteiger partial charge in [0.05, 0.1) is 19.4 Å². The number of nitrogens with zero attached hydrogens (tertiary/aromatic N) is 1. The largest absolute Gasteiger partial charge is 0.493 e. The summed E-state index contributed by atoms with van der Waals surface area (Å²) in [7, 11) is 1.44. The van der Waals surface area contributed by atoms with Crippen LogP contribution in [0, 0.1) is 0 Å². The number of esters is 1. The summed E-state index contributed by atoms with van der Waals surface area (Å²) in [4.78, 5) is 38.8. The third kappa shape index (κ3) is 5.63. The molecule has 0 unspecified atom stereocenters. The third-order valence-corrected chi connectivity index (χ3v) is 5.91. The Morgan fingerprint density at radius 2 is 1.85 bits per heavy atom. The fourth-order valence-electron chi connectivity index (χ4n) is 3.20. The average Bonchev–Trinajstić information content (AvgIpc) is 2.81.